The van der Waals surface area contributed by atoms with E-state index in [0.29, 0.717) is 11.8 Å². The van der Waals surface area contributed by atoms with Crippen molar-refractivity contribution in [2.24, 2.45) is 16.8 Å². The molecule has 0 saturated carbocycles. The highest BCUT2D eigenvalue weighted by atomic mass is 15.0. The summed E-state index contributed by atoms with van der Waals surface area (Å²) < 4.78 is 0. The second kappa shape index (κ2) is 4.26. The lowest BCUT2D eigenvalue weighted by atomic mass is 9.92. The van der Waals surface area contributed by atoms with Crippen molar-refractivity contribution in [1.82, 2.24) is 5.32 Å². The molecule has 0 unspecified atom stereocenters. The van der Waals surface area contributed by atoms with Gasteiger partial charge in [0, 0.05) is 12.4 Å². The van der Waals surface area contributed by atoms with Crippen LogP contribution in [-0.4, -0.2) is 6.21 Å². The van der Waals surface area contributed by atoms with E-state index in [1.54, 1.807) is 0 Å². The van der Waals surface area contributed by atoms with Crippen molar-refractivity contribution in [2.75, 3.05) is 0 Å². The smallest absolute Gasteiger partial charge is 0.129 e. The van der Waals surface area contributed by atoms with Crippen LogP contribution in [0.25, 0.3) is 0 Å². The number of hydrogen-bond donors (Lipinski definition) is 1. The average Bonchev–Trinajstić information content (AvgIpc) is 2.04. The highest BCUT2D eigenvalue weighted by Crippen LogP contribution is 2.23. The first-order valence-electron chi connectivity index (χ1n) is 4.82. The lowest BCUT2D eigenvalue weighted by Gasteiger charge is -2.19. The van der Waals surface area contributed by atoms with Crippen LogP contribution in [0.2, 0.25) is 0 Å². The molecule has 1 N–H and O–H groups in total. The Balaban J connectivity index is 2.96. The van der Waals surface area contributed by atoms with Crippen LogP contribution in [0.5, 0.6) is 0 Å². The second-order valence-corrected chi connectivity index (χ2v) is 3.89. The monoisotopic (exact) mass is 178 g/mol. The minimum absolute atomic E-state index is 0.547. The maximum Gasteiger partial charge on any atom is 0.129 e. The molecule has 0 radical (unpaired) electrons. The van der Waals surface area contributed by atoms with E-state index in [0.717, 1.165) is 5.82 Å². The summed E-state index contributed by atoms with van der Waals surface area (Å²) in [5.74, 6) is 2.12. The molecule has 0 fully saturated rings. The Labute approximate surface area is 80.4 Å². The van der Waals surface area contributed by atoms with Gasteiger partial charge in [0.2, 0.25) is 0 Å². The van der Waals surface area contributed by atoms with E-state index in [2.05, 4.69) is 38.0 Å². The van der Waals surface area contributed by atoms with Crippen molar-refractivity contribution < 1.29 is 0 Å². The molecule has 0 spiro atoms. The number of hydrogen-bond acceptors (Lipinski definition) is 2. The Morgan fingerprint density at radius 1 is 1.23 bits per heavy atom. The van der Waals surface area contributed by atoms with E-state index in [4.69, 9.17) is 0 Å². The number of aliphatic imine (C=N–C) groups is 1. The Kier molecular flexibility index (Phi) is 3.29. The molecule has 72 valence electrons. The minimum Gasteiger partial charge on any atom is -0.347 e. The number of nitrogens with zero attached hydrogens (tertiary/aromatic N) is 1. The van der Waals surface area contributed by atoms with Crippen LogP contribution in [0.15, 0.2) is 28.7 Å². The van der Waals surface area contributed by atoms with Gasteiger partial charge in [-0.2, -0.15) is 0 Å². The van der Waals surface area contributed by atoms with Gasteiger partial charge in [0.25, 0.3) is 0 Å². The van der Waals surface area contributed by atoms with Crippen molar-refractivity contribution in [2.45, 2.75) is 27.7 Å². The van der Waals surface area contributed by atoms with Gasteiger partial charge in [0.05, 0.1) is 0 Å². The SMILES string of the molecule is CC(C)C(=C1N=CC=CN1)C(C)C. The summed E-state index contributed by atoms with van der Waals surface area (Å²) >= 11 is 0. The maximum atomic E-state index is 4.33. The van der Waals surface area contributed by atoms with Gasteiger partial charge in [-0.15, -0.1) is 0 Å². The first-order chi connectivity index (χ1) is 6.13. The summed E-state index contributed by atoms with van der Waals surface area (Å²) in [6.45, 7) is 8.82. The Morgan fingerprint density at radius 3 is 2.23 bits per heavy atom. The van der Waals surface area contributed by atoms with Gasteiger partial charge < -0.3 is 5.32 Å². The van der Waals surface area contributed by atoms with Crippen molar-refractivity contribution in [1.29, 1.82) is 0 Å². The Morgan fingerprint density at radius 2 is 1.85 bits per heavy atom. The third-order valence-electron chi connectivity index (χ3n) is 2.12. The van der Waals surface area contributed by atoms with E-state index in [1.807, 2.05) is 18.5 Å². The third kappa shape index (κ3) is 2.44. The maximum absolute atomic E-state index is 4.33. The summed E-state index contributed by atoms with van der Waals surface area (Å²) in [7, 11) is 0. The van der Waals surface area contributed by atoms with Gasteiger partial charge in [-0.25, -0.2) is 4.99 Å². The van der Waals surface area contributed by atoms with E-state index in [1.165, 1.54) is 5.57 Å². The molecule has 1 aliphatic rings. The molecule has 0 aromatic rings. The first-order valence-corrected chi connectivity index (χ1v) is 4.82. The van der Waals surface area contributed by atoms with Crippen LogP contribution >= 0.6 is 0 Å². The predicted molar refractivity (Wildman–Crippen MR) is 57.5 cm³/mol. The summed E-state index contributed by atoms with van der Waals surface area (Å²) in [6, 6.07) is 0. The fourth-order valence-electron chi connectivity index (χ4n) is 1.70. The first kappa shape index (κ1) is 10.0. The highest BCUT2D eigenvalue weighted by molar-refractivity contribution is 5.73. The molecule has 1 heterocycles. The fraction of sp³-hybridized carbons (Fsp3) is 0.545. The molecule has 0 saturated heterocycles. The molecule has 0 bridgehead atoms. The van der Waals surface area contributed by atoms with Crippen molar-refractivity contribution in [3.8, 4) is 0 Å². The third-order valence-corrected chi connectivity index (χ3v) is 2.12. The molecule has 0 atom stereocenters. The van der Waals surface area contributed by atoms with E-state index in [9.17, 15) is 0 Å². The number of rotatable bonds is 2. The van der Waals surface area contributed by atoms with Crippen molar-refractivity contribution >= 4 is 6.21 Å². The van der Waals surface area contributed by atoms with Crippen LogP contribution in [0, 0.1) is 11.8 Å². The molecule has 1 rings (SSSR count). The molecule has 0 amide bonds. The second-order valence-electron chi connectivity index (χ2n) is 3.89. The Bertz CT molecular complexity index is 247. The zero-order valence-electron chi connectivity index (χ0n) is 8.83. The van der Waals surface area contributed by atoms with E-state index < -0.39 is 0 Å². The highest BCUT2D eigenvalue weighted by Gasteiger charge is 2.13. The van der Waals surface area contributed by atoms with Gasteiger partial charge >= 0.3 is 0 Å². The number of allylic oxidation sites excluding steroid dienone is 2. The molecular weight excluding hydrogens is 160 g/mol. The van der Waals surface area contributed by atoms with Gasteiger partial charge in [-0.1, -0.05) is 27.7 Å². The van der Waals surface area contributed by atoms with Crippen LogP contribution < -0.4 is 5.32 Å². The lowest BCUT2D eigenvalue weighted by molar-refractivity contribution is 0.604. The summed E-state index contributed by atoms with van der Waals surface area (Å²) in [6.07, 6.45) is 5.66. The van der Waals surface area contributed by atoms with Crippen LogP contribution in [0.1, 0.15) is 27.7 Å². The molecule has 0 aromatic heterocycles. The van der Waals surface area contributed by atoms with Crippen LogP contribution in [0.3, 0.4) is 0 Å². The number of nitrogens with one attached hydrogen (secondary N) is 1. The summed E-state index contributed by atoms with van der Waals surface area (Å²) in [4.78, 5) is 4.33. The molecule has 2 nitrogen and oxygen atoms in total. The van der Waals surface area contributed by atoms with E-state index >= 15 is 0 Å². The molecule has 0 aliphatic carbocycles. The van der Waals surface area contributed by atoms with Gasteiger partial charge in [0.1, 0.15) is 5.82 Å². The topological polar surface area (TPSA) is 24.4 Å². The lowest BCUT2D eigenvalue weighted by Crippen LogP contribution is -2.15. The van der Waals surface area contributed by atoms with Gasteiger partial charge in [-0.05, 0) is 23.5 Å². The molecular formula is C11H18N2. The van der Waals surface area contributed by atoms with E-state index in [-0.39, 0.29) is 0 Å². The predicted octanol–water partition coefficient (Wildman–Crippen LogP) is 2.70. The fourth-order valence-corrected chi connectivity index (χ4v) is 1.70. The van der Waals surface area contributed by atoms with Crippen molar-refractivity contribution in [3.05, 3.63) is 23.7 Å². The quantitative estimate of drug-likeness (QED) is 0.690. The minimum atomic E-state index is 0.547. The Hall–Kier alpha value is -1.05. The normalized spacial score (nSPS) is 15.4. The van der Waals surface area contributed by atoms with Crippen molar-refractivity contribution in [3.63, 3.8) is 0 Å². The largest absolute Gasteiger partial charge is 0.347 e. The van der Waals surface area contributed by atoms with Crippen LogP contribution in [0.4, 0.5) is 0 Å². The summed E-state index contributed by atoms with van der Waals surface area (Å²) in [5.41, 5.74) is 1.39. The van der Waals surface area contributed by atoms with Gasteiger partial charge in [0.15, 0.2) is 0 Å². The molecule has 2 heteroatoms. The standard InChI is InChI=1S/C11H18N2/c1-8(2)10(9(3)4)11-12-6-5-7-13-11/h5-9,12H,1-4H3. The molecule has 13 heavy (non-hydrogen) atoms. The molecule has 0 aromatic carbocycles. The average molecular weight is 178 g/mol. The van der Waals surface area contributed by atoms with Crippen LogP contribution in [-0.2, 0) is 0 Å². The zero-order valence-corrected chi connectivity index (χ0v) is 8.83. The van der Waals surface area contributed by atoms with Gasteiger partial charge in [-0.3, -0.25) is 0 Å². The summed E-state index contributed by atoms with van der Waals surface area (Å²) in [5, 5.41) is 3.18. The zero-order chi connectivity index (χ0) is 9.84. The molecule has 1 aliphatic heterocycles.